The van der Waals surface area contributed by atoms with Crippen molar-refractivity contribution in [2.24, 2.45) is 0 Å². The molecule has 1 unspecified atom stereocenters. The van der Waals surface area contributed by atoms with Crippen LogP contribution < -0.4 is 5.32 Å². The van der Waals surface area contributed by atoms with Crippen molar-refractivity contribution in [1.29, 1.82) is 0 Å². The molecule has 0 spiro atoms. The van der Waals surface area contributed by atoms with E-state index in [1.165, 1.54) is 6.42 Å². The lowest BCUT2D eigenvalue weighted by Gasteiger charge is -2.21. The van der Waals surface area contributed by atoms with Gasteiger partial charge in [-0.1, -0.05) is 23.2 Å². The summed E-state index contributed by atoms with van der Waals surface area (Å²) in [6, 6.07) is 1.81. The predicted molar refractivity (Wildman–Crippen MR) is 56.9 cm³/mol. The first-order valence-electron chi connectivity index (χ1n) is 4.66. The van der Waals surface area contributed by atoms with Gasteiger partial charge < -0.3 is 5.32 Å². The lowest BCUT2D eigenvalue weighted by molar-refractivity contribution is 0.452. The maximum absolute atomic E-state index is 5.88. The molecule has 2 rings (SSSR count). The largest absolute Gasteiger partial charge is 0.316 e. The zero-order valence-corrected chi connectivity index (χ0v) is 9.15. The first kappa shape index (κ1) is 10.1. The average Bonchev–Trinajstić information content (AvgIpc) is 2.23. The molecular formula is C9H11Cl2N3. The van der Waals surface area contributed by atoms with Crippen LogP contribution in [0.5, 0.6) is 0 Å². The number of aromatic nitrogens is 2. The summed E-state index contributed by atoms with van der Waals surface area (Å²) in [7, 11) is 0. The highest BCUT2D eigenvalue weighted by Gasteiger charge is 2.17. The Bertz CT molecular complexity index is 324. The Morgan fingerprint density at radius 3 is 2.86 bits per heavy atom. The van der Waals surface area contributed by atoms with E-state index in [0.717, 1.165) is 25.2 Å². The van der Waals surface area contributed by atoms with Crippen molar-refractivity contribution < 1.29 is 0 Å². The zero-order valence-electron chi connectivity index (χ0n) is 7.63. The number of piperidine rings is 1. The summed E-state index contributed by atoms with van der Waals surface area (Å²) in [4.78, 5) is 0. The van der Waals surface area contributed by atoms with E-state index < -0.39 is 0 Å². The Morgan fingerprint density at radius 1 is 1.36 bits per heavy atom. The fourth-order valence-corrected chi connectivity index (χ4v) is 1.91. The molecule has 76 valence electrons. The molecule has 1 aromatic rings. The topological polar surface area (TPSA) is 37.8 Å². The minimum Gasteiger partial charge on any atom is -0.316 e. The van der Waals surface area contributed by atoms with Crippen LogP contribution >= 0.6 is 23.2 Å². The molecule has 2 heterocycles. The van der Waals surface area contributed by atoms with Crippen molar-refractivity contribution in [3.05, 3.63) is 21.9 Å². The summed E-state index contributed by atoms with van der Waals surface area (Å²) in [5.41, 5.74) is 0.937. The highest BCUT2D eigenvalue weighted by molar-refractivity contribution is 6.41. The van der Waals surface area contributed by atoms with Gasteiger partial charge in [-0.15, -0.1) is 5.10 Å². The molecular weight excluding hydrogens is 221 g/mol. The van der Waals surface area contributed by atoms with Gasteiger partial charge in [-0.2, -0.15) is 5.10 Å². The molecule has 1 saturated heterocycles. The lowest BCUT2D eigenvalue weighted by atomic mass is 9.96. The van der Waals surface area contributed by atoms with Gasteiger partial charge in [0.1, 0.15) is 0 Å². The zero-order chi connectivity index (χ0) is 9.97. The van der Waals surface area contributed by atoms with E-state index in [1.807, 2.05) is 6.07 Å². The highest BCUT2D eigenvalue weighted by Crippen LogP contribution is 2.25. The summed E-state index contributed by atoms with van der Waals surface area (Å²) >= 11 is 11.6. The Balaban J connectivity index is 2.18. The number of hydrogen-bond acceptors (Lipinski definition) is 3. The number of nitrogens with zero attached hydrogens (tertiary/aromatic N) is 2. The van der Waals surface area contributed by atoms with Gasteiger partial charge in [0.25, 0.3) is 0 Å². The smallest absolute Gasteiger partial charge is 0.170 e. The fraction of sp³-hybridized carbons (Fsp3) is 0.556. The third kappa shape index (κ3) is 2.16. The normalized spacial score (nSPS) is 22.3. The van der Waals surface area contributed by atoms with Crippen molar-refractivity contribution >= 4 is 23.2 Å². The molecule has 5 heteroatoms. The molecule has 0 saturated carbocycles. The molecule has 1 N–H and O–H groups in total. The van der Waals surface area contributed by atoms with Gasteiger partial charge in [0.2, 0.25) is 0 Å². The second kappa shape index (κ2) is 4.43. The van der Waals surface area contributed by atoms with Crippen LogP contribution in [-0.2, 0) is 0 Å². The van der Waals surface area contributed by atoms with Gasteiger partial charge in [-0.25, -0.2) is 0 Å². The average molecular weight is 232 g/mol. The van der Waals surface area contributed by atoms with Gasteiger partial charge in [0.15, 0.2) is 5.15 Å². The summed E-state index contributed by atoms with van der Waals surface area (Å²) in [6.45, 7) is 2.04. The van der Waals surface area contributed by atoms with Crippen LogP contribution in [0.2, 0.25) is 10.2 Å². The van der Waals surface area contributed by atoms with Crippen LogP contribution in [0, 0.1) is 0 Å². The molecule has 0 amide bonds. The fourth-order valence-electron chi connectivity index (χ4n) is 1.67. The quantitative estimate of drug-likeness (QED) is 0.806. The third-order valence-electron chi connectivity index (χ3n) is 2.44. The molecule has 0 aromatic carbocycles. The molecule has 3 nitrogen and oxygen atoms in total. The Hall–Kier alpha value is -0.380. The molecule has 1 fully saturated rings. The summed E-state index contributed by atoms with van der Waals surface area (Å²) in [5.74, 6) is 0.422. The van der Waals surface area contributed by atoms with Crippen LogP contribution in [0.4, 0.5) is 0 Å². The van der Waals surface area contributed by atoms with Gasteiger partial charge >= 0.3 is 0 Å². The maximum Gasteiger partial charge on any atom is 0.170 e. The minimum atomic E-state index is 0.277. The third-order valence-corrected chi connectivity index (χ3v) is 3.10. The van der Waals surface area contributed by atoms with Crippen LogP contribution in [0.25, 0.3) is 0 Å². The molecule has 1 atom stereocenters. The minimum absolute atomic E-state index is 0.277. The van der Waals surface area contributed by atoms with E-state index in [4.69, 9.17) is 23.2 Å². The Labute approximate surface area is 92.8 Å². The molecule has 14 heavy (non-hydrogen) atoms. The summed E-state index contributed by atoms with van der Waals surface area (Å²) < 4.78 is 0. The van der Waals surface area contributed by atoms with E-state index in [9.17, 15) is 0 Å². The van der Waals surface area contributed by atoms with Crippen LogP contribution in [-0.4, -0.2) is 23.3 Å². The van der Waals surface area contributed by atoms with E-state index in [2.05, 4.69) is 15.5 Å². The molecule has 1 aromatic heterocycles. The van der Waals surface area contributed by atoms with Gasteiger partial charge in [-0.3, -0.25) is 0 Å². The maximum atomic E-state index is 5.88. The Kier molecular flexibility index (Phi) is 3.21. The summed E-state index contributed by atoms with van der Waals surface area (Å²) in [6.07, 6.45) is 2.31. The second-order valence-corrected chi connectivity index (χ2v) is 4.22. The molecule has 0 aliphatic carbocycles. The SMILES string of the molecule is Clc1cc(C2CCCNC2)nnc1Cl. The van der Waals surface area contributed by atoms with E-state index >= 15 is 0 Å². The van der Waals surface area contributed by atoms with E-state index in [1.54, 1.807) is 0 Å². The van der Waals surface area contributed by atoms with Gasteiger partial charge in [-0.05, 0) is 25.5 Å². The van der Waals surface area contributed by atoms with E-state index in [-0.39, 0.29) is 5.15 Å². The lowest BCUT2D eigenvalue weighted by Crippen LogP contribution is -2.28. The molecule has 1 aliphatic heterocycles. The van der Waals surface area contributed by atoms with Crippen LogP contribution in [0.3, 0.4) is 0 Å². The van der Waals surface area contributed by atoms with Crippen molar-refractivity contribution in [1.82, 2.24) is 15.5 Å². The highest BCUT2D eigenvalue weighted by atomic mass is 35.5. The monoisotopic (exact) mass is 231 g/mol. The van der Waals surface area contributed by atoms with Crippen molar-refractivity contribution in [3.63, 3.8) is 0 Å². The predicted octanol–water partition coefficient (Wildman–Crippen LogP) is 2.25. The van der Waals surface area contributed by atoms with Gasteiger partial charge in [0.05, 0.1) is 10.7 Å². The number of halogens is 2. The van der Waals surface area contributed by atoms with Crippen molar-refractivity contribution in [2.45, 2.75) is 18.8 Å². The molecule has 0 bridgehead atoms. The Morgan fingerprint density at radius 2 is 2.21 bits per heavy atom. The standard InChI is InChI=1S/C9H11Cl2N3/c10-7-4-8(13-14-9(7)11)6-2-1-3-12-5-6/h4,6,12H,1-3,5H2. The van der Waals surface area contributed by atoms with Gasteiger partial charge in [0, 0.05) is 12.5 Å². The van der Waals surface area contributed by atoms with E-state index in [0.29, 0.717) is 10.9 Å². The molecule has 1 aliphatic rings. The van der Waals surface area contributed by atoms with Crippen LogP contribution in [0.15, 0.2) is 6.07 Å². The number of nitrogens with one attached hydrogen (secondary N) is 1. The summed E-state index contributed by atoms with van der Waals surface area (Å²) in [5, 5.41) is 12.0. The van der Waals surface area contributed by atoms with Crippen LogP contribution in [0.1, 0.15) is 24.5 Å². The second-order valence-electron chi connectivity index (χ2n) is 3.45. The number of rotatable bonds is 1. The first-order chi connectivity index (χ1) is 6.77. The van der Waals surface area contributed by atoms with Crippen molar-refractivity contribution in [2.75, 3.05) is 13.1 Å². The molecule has 0 radical (unpaired) electrons. The van der Waals surface area contributed by atoms with Crippen molar-refractivity contribution in [3.8, 4) is 0 Å². The number of hydrogen-bond donors (Lipinski definition) is 1. The first-order valence-corrected chi connectivity index (χ1v) is 5.42.